The maximum absolute atomic E-state index is 12.5. The molecule has 0 atom stereocenters. The summed E-state index contributed by atoms with van der Waals surface area (Å²) in [5.74, 6) is 1.50. The number of hydrogen-bond acceptors (Lipinski definition) is 5. The second-order valence-corrected chi connectivity index (χ2v) is 7.53. The fourth-order valence-corrected chi connectivity index (χ4v) is 3.64. The number of methoxy groups -OCH3 is 1. The van der Waals surface area contributed by atoms with Gasteiger partial charge in [-0.3, -0.25) is 14.2 Å². The number of nitrogens with zero attached hydrogens (tertiary/aromatic N) is 2. The molecule has 1 amide bonds. The number of thioether (sulfide) groups is 1. The highest BCUT2D eigenvalue weighted by Gasteiger charge is 2.10. The number of rotatable bonds is 8. The van der Waals surface area contributed by atoms with Gasteiger partial charge in [0.15, 0.2) is 0 Å². The third-order valence-electron chi connectivity index (χ3n) is 4.34. The lowest BCUT2D eigenvalue weighted by Crippen LogP contribution is -2.31. The summed E-state index contributed by atoms with van der Waals surface area (Å²) in [4.78, 5) is 30.2. The molecule has 0 unspecified atom stereocenters. The summed E-state index contributed by atoms with van der Waals surface area (Å²) in [5, 5.41) is 2.88. The first kappa shape index (κ1) is 20.7. The Labute approximate surface area is 173 Å². The minimum atomic E-state index is -0.165. The highest BCUT2D eigenvalue weighted by molar-refractivity contribution is 7.99. The summed E-state index contributed by atoms with van der Waals surface area (Å²) in [6.45, 7) is 2.74. The molecule has 1 aromatic heterocycles. The molecule has 0 bridgehead atoms. The van der Waals surface area contributed by atoms with Crippen LogP contribution in [0.1, 0.15) is 17.3 Å². The number of benzene rings is 2. The zero-order chi connectivity index (χ0) is 20.6. The van der Waals surface area contributed by atoms with E-state index in [0.717, 1.165) is 22.0 Å². The van der Waals surface area contributed by atoms with E-state index in [9.17, 15) is 9.59 Å². The van der Waals surface area contributed by atoms with Crippen molar-refractivity contribution < 1.29 is 9.53 Å². The largest absolute Gasteiger partial charge is 0.497 e. The summed E-state index contributed by atoms with van der Waals surface area (Å²) in [6.07, 6.45) is 1.51. The van der Waals surface area contributed by atoms with Crippen molar-refractivity contribution in [1.82, 2.24) is 14.9 Å². The van der Waals surface area contributed by atoms with Gasteiger partial charge in [0.05, 0.1) is 24.7 Å². The quantitative estimate of drug-likeness (QED) is 0.577. The zero-order valence-corrected chi connectivity index (χ0v) is 17.2. The standard InChI is InChI=1S/C22H23N3O3S/c1-3-29-20-7-5-4-6-18(20)22(27)23-12-13-25-15-24-19(14-21(25)26)16-8-10-17(28-2)11-9-16/h4-11,14-15H,3,12-13H2,1-2H3,(H,23,27). The number of hydrogen-bond donors (Lipinski definition) is 1. The lowest BCUT2D eigenvalue weighted by molar-refractivity contribution is 0.0949. The molecule has 0 fully saturated rings. The van der Waals surface area contributed by atoms with Crippen LogP contribution in [0.5, 0.6) is 5.75 Å². The van der Waals surface area contributed by atoms with Crippen LogP contribution in [0.4, 0.5) is 0 Å². The van der Waals surface area contributed by atoms with Gasteiger partial charge < -0.3 is 10.1 Å². The SMILES string of the molecule is CCSc1ccccc1C(=O)NCCn1cnc(-c2ccc(OC)cc2)cc1=O. The van der Waals surface area contributed by atoms with E-state index in [-0.39, 0.29) is 11.5 Å². The minimum absolute atomic E-state index is 0.141. The van der Waals surface area contributed by atoms with Crippen molar-refractivity contribution in [3.8, 4) is 17.0 Å². The van der Waals surface area contributed by atoms with Crippen LogP contribution in [-0.4, -0.2) is 34.9 Å². The molecule has 3 rings (SSSR count). The average Bonchev–Trinajstić information content (AvgIpc) is 2.75. The average molecular weight is 410 g/mol. The smallest absolute Gasteiger partial charge is 0.253 e. The molecule has 0 aliphatic heterocycles. The number of carbonyl (C=O) groups is 1. The molecule has 29 heavy (non-hydrogen) atoms. The lowest BCUT2D eigenvalue weighted by Gasteiger charge is -2.10. The Hall–Kier alpha value is -3.06. The molecule has 1 N–H and O–H groups in total. The van der Waals surface area contributed by atoms with Gasteiger partial charge in [0.2, 0.25) is 0 Å². The van der Waals surface area contributed by atoms with Crippen molar-refractivity contribution in [3.05, 3.63) is 76.8 Å². The van der Waals surface area contributed by atoms with Gasteiger partial charge >= 0.3 is 0 Å². The molecular formula is C22H23N3O3S. The van der Waals surface area contributed by atoms with E-state index in [4.69, 9.17) is 4.74 Å². The summed E-state index contributed by atoms with van der Waals surface area (Å²) in [6, 6.07) is 16.4. The number of ether oxygens (including phenoxy) is 1. The van der Waals surface area contributed by atoms with Crippen LogP contribution in [0.2, 0.25) is 0 Å². The molecule has 0 spiro atoms. The summed E-state index contributed by atoms with van der Waals surface area (Å²) < 4.78 is 6.63. The Kier molecular flexibility index (Phi) is 7.08. The van der Waals surface area contributed by atoms with Gasteiger partial charge in [0.25, 0.3) is 11.5 Å². The Morgan fingerprint density at radius 2 is 1.93 bits per heavy atom. The highest BCUT2D eigenvalue weighted by atomic mass is 32.2. The zero-order valence-electron chi connectivity index (χ0n) is 16.4. The van der Waals surface area contributed by atoms with E-state index in [0.29, 0.717) is 24.3 Å². The minimum Gasteiger partial charge on any atom is -0.497 e. The maximum Gasteiger partial charge on any atom is 0.253 e. The summed E-state index contributed by atoms with van der Waals surface area (Å²) in [5.41, 5.74) is 1.93. The van der Waals surface area contributed by atoms with Crippen LogP contribution in [-0.2, 0) is 6.54 Å². The molecule has 150 valence electrons. The van der Waals surface area contributed by atoms with Crippen LogP contribution in [0, 0.1) is 0 Å². The first-order chi connectivity index (χ1) is 14.1. The van der Waals surface area contributed by atoms with Crippen molar-refractivity contribution in [2.24, 2.45) is 0 Å². The van der Waals surface area contributed by atoms with E-state index < -0.39 is 0 Å². The van der Waals surface area contributed by atoms with E-state index in [1.54, 1.807) is 18.9 Å². The van der Waals surface area contributed by atoms with Gasteiger partial charge in [0.1, 0.15) is 5.75 Å². The fourth-order valence-electron chi connectivity index (χ4n) is 2.83. The number of carbonyl (C=O) groups excluding carboxylic acids is 1. The Morgan fingerprint density at radius 3 is 2.62 bits per heavy atom. The van der Waals surface area contributed by atoms with Crippen LogP contribution in [0.25, 0.3) is 11.3 Å². The molecule has 0 radical (unpaired) electrons. The van der Waals surface area contributed by atoms with Gasteiger partial charge in [0, 0.05) is 29.6 Å². The number of amides is 1. The maximum atomic E-state index is 12.5. The Bertz CT molecular complexity index is 1030. The van der Waals surface area contributed by atoms with Gasteiger partial charge in [-0.15, -0.1) is 11.8 Å². The van der Waals surface area contributed by atoms with E-state index >= 15 is 0 Å². The van der Waals surface area contributed by atoms with E-state index in [1.807, 2.05) is 55.5 Å². The first-order valence-electron chi connectivity index (χ1n) is 9.33. The van der Waals surface area contributed by atoms with Crippen molar-refractivity contribution in [1.29, 1.82) is 0 Å². The van der Waals surface area contributed by atoms with Crippen molar-refractivity contribution in [2.45, 2.75) is 18.4 Å². The number of nitrogens with one attached hydrogen (secondary N) is 1. The topological polar surface area (TPSA) is 73.2 Å². The molecule has 7 heteroatoms. The molecule has 0 aliphatic rings. The molecule has 2 aromatic carbocycles. The van der Waals surface area contributed by atoms with Crippen LogP contribution >= 0.6 is 11.8 Å². The predicted molar refractivity (Wildman–Crippen MR) is 116 cm³/mol. The van der Waals surface area contributed by atoms with E-state index in [1.165, 1.54) is 17.0 Å². The normalized spacial score (nSPS) is 10.6. The van der Waals surface area contributed by atoms with Gasteiger partial charge in [-0.25, -0.2) is 4.98 Å². The fraction of sp³-hybridized carbons (Fsp3) is 0.227. The summed E-state index contributed by atoms with van der Waals surface area (Å²) >= 11 is 1.63. The van der Waals surface area contributed by atoms with Gasteiger partial charge in [-0.2, -0.15) is 0 Å². The first-order valence-corrected chi connectivity index (χ1v) is 10.3. The van der Waals surface area contributed by atoms with Crippen LogP contribution in [0.15, 0.2) is 70.6 Å². The second kappa shape index (κ2) is 9.93. The predicted octanol–water partition coefficient (Wildman–Crippen LogP) is 3.46. The molecule has 0 aliphatic carbocycles. The monoisotopic (exact) mass is 409 g/mol. The van der Waals surface area contributed by atoms with Crippen LogP contribution < -0.4 is 15.6 Å². The molecule has 3 aromatic rings. The molecular weight excluding hydrogens is 386 g/mol. The Balaban J connectivity index is 1.62. The van der Waals surface area contributed by atoms with E-state index in [2.05, 4.69) is 10.3 Å². The highest BCUT2D eigenvalue weighted by Crippen LogP contribution is 2.22. The third-order valence-corrected chi connectivity index (χ3v) is 5.29. The van der Waals surface area contributed by atoms with Gasteiger partial charge in [-0.1, -0.05) is 19.1 Å². The number of aromatic nitrogens is 2. The van der Waals surface area contributed by atoms with Crippen LogP contribution in [0.3, 0.4) is 0 Å². The lowest BCUT2D eigenvalue weighted by atomic mass is 10.1. The Morgan fingerprint density at radius 1 is 1.17 bits per heavy atom. The van der Waals surface area contributed by atoms with Crippen molar-refractivity contribution in [3.63, 3.8) is 0 Å². The summed E-state index contributed by atoms with van der Waals surface area (Å²) in [7, 11) is 1.61. The second-order valence-electron chi connectivity index (χ2n) is 6.22. The third kappa shape index (κ3) is 5.26. The van der Waals surface area contributed by atoms with Crippen molar-refractivity contribution in [2.75, 3.05) is 19.4 Å². The van der Waals surface area contributed by atoms with Gasteiger partial charge in [-0.05, 0) is 42.2 Å². The molecule has 0 saturated carbocycles. The van der Waals surface area contributed by atoms with Crippen molar-refractivity contribution >= 4 is 17.7 Å². The molecule has 6 nitrogen and oxygen atoms in total. The molecule has 1 heterocycles. The molecule has 0 saturated heterocycles.